The lowest BCUT2D eigenvalue weighted by atomic mass is 9.98. The van der Waals surface area contributed by atoms with Gasteiger partial charge < -0.3 is 5.32 Å². The fraction of sp³-hybridized carbons (Fsp3) is 0.0667. The van der Waals surface area contributed by atoms with Gasteiger partial charge in [0.15, 0.2) is 0 Å². The lowest BCUT2D eigenvalue weighted by Crippen LogP contribution is -2.25. The van der Waals surface area contributed by atoms with E-state index in [-0.39, 0.29) is 21.4 Å². The number of carbonyl (C=O) groups excluding carboxylic acids is 2. The summed E-state index contributed by atoms with van der Waals surface area (Å²) in [6.07, 6.45) is 2.50. The van der Waals surface area contributed by atoms with Crippen molar-refractivity contribution in [3.8, 4) is 0 Å². The van der Waals surface area contributed by atoms with Crippen LogP contribution in [0.15, 0.2) is 40.9 Å². The number of benzene rings is 1. The van der Waals surface area contributed by atoms with Gasteiger partial charge in [0, 0.05) is 17.4 Å². The summed E-state index contributed by atoms with van der Waals surface area (Å²) in [6, 6.07) is 4.46. The molecule has 0 unspecified atom stereocenters. The van der Waals surface area contributed by atoms with Gasteiger partial charge >= 0.3 is 0 Å². The van der Waals surface area contributed by atoms with Gasteiger partial charge in [0.05, 0.1) is 10.0 Å². The number of anilines is 1. The Balaban J connectivity index is 2.08. The Bertz CT molecular complexity index is 848. The van der Waals surface area contributed by atoms with Crippen molar-refractivity contribution < 1.29 is 14.0 Å². The van der Waals surface area contributed by atoms with Gasteiger partial charge in [-0.25, -0.2) is 14.4 Å². The summed E-state index contributed by atoms with van der Waals surface area (Å²) in [5.74, 6) is -1.25. The third-order valence-corrected chi connectivity index (χ3v) is 4.10. The van der Waals surface area contributed by atoms with Gasteiger partial charge in [-0.15, -0.1) is 0 Å². The van der Waals surface area contributed by atoms with Crippen LogP contribution in [0.4, 0.5) is 10.1 Å². The van der Waals surface area contributed by atoms with E-state index in [1.807, 2.05) is 0 Å². The molecule has 0 saturated heterocycles. The number of aromatic nitrogens is 2. The second-order valence-corrected chi connectivity index (χ2v) is 5.46. The molecule has 3 rings (SSSR count). The van der Waals surface area contributed by atoms with E-state index in [2.05, 4.69) is 31.2 Å². The molecule has 0 spiro atoms. The standard InChI is InChI=1S/C15H9BrFN3O2/c1-7-9(17)3-2-4-10(7)20-13-11(16)15(22)12-8(14(13)21)5-18-6-19-12/h2-6,20H,1H3. The quantitative estimate of drug-likeness (QED) is 0.889. The Kier molecular flexibility index (Phi) is 3.58. The summed E-state index contributed by atoms with van der Waals surface area (Å²) in [6.45, 7) is 1.58. The number of hydrogen-bond acceptors (Lipinski definition) is 5. The smallest absolute Gasteiger partial charge is 0.221 e. The number of nitrogens with zero attached hydrogens (tertiary/aromatic N) is 2. The zero-order valence-corrected chi connectivity index (χ0v) is 12.9. The summed E-state index contributed by atoms with van der Waals surface area (Å²) in [5, 5.41) is 2.83. The van der Waals surface area contributed by atoms with Crippen LogP contribution in [0.25, 0.3) is 0 Å². The molecule has 7 heteroatoms. The van der Waals surface area contributed by atoms with E-state index < -0.39 is 17.4 Å². The number of Topliss-reactive ketones (excluding diaryl/α,β-unsaturated/α-hetero) is 2. The minimum atomic E-state index is -0.425. The van der Waals surface area contributed by atoms with E-state index in [1.54, 1.807) is 13.0 Å². The van der Waals surface area contributed by atoms with E-state index >= 15 is 0 Å². The van der Waals surface area contributed by atoms with E-state index in [0.717, 1.165) is 0 Å². The molecule has 0 amide bonds. The number of halogens is 2. The number of rotatable bonds is 2. The molecule has 0 aliphatic heterocycles. The zero-order chi connectivity index (χ0) is 15.9. The fourth-order valence-corrected chi connectivity index (χ4v) is 2.58. The highest BCUT2D eigenvalue weighted by Gasteiger charge is 2.32. The summed E-state index contributed by atoms with van der Waals surface area (Å²) in [7, 11) is 0. The van der Waals surface area contributed by atoms with Gasteiger partial charge in [-0.3, -0.25) is 9.59 Å². The molecule has 1 heterocycles. The molecule has 110 valence electrons. The average Bonchev–Trinajstić information content (AvgIpc) is 2.53. The molecular weight excluding hydrogens is 353 g/mol. The van der Waals surface area contributed by atoms with Gasteiger partial charge in [-0.2, -0.15) is 0 Å². The molecular formula is C15H9BrFN3O2. The van der Waals surface area contributed by atoms with Crippen molar-refractivity contribution in [1.82, 2.24) is 9.97 Å². The van der Waals surface area contributed by atoms with Crippen LogP contribution >= 0.6 is 15.9 Å². The first-order valence-corrected chi connectivity index (χ1v) is 7.11. The number of hydrogen-bond donors (Lipinski definition) is 1. The van der Waals surface area contributed by atoms with E-state index in [4.69, 9.17) is 0 Å². The molecule has 0 atom stereocenters. The van der Waals surface area contributed by atoms with Crippen molar-refractivity contribution in [2.24, 2.45) is 0 Å². The Morgan fingerprint density at radius 2 is 2.00 bits per heavy atom. The summed E-state index contributed by atoms with van der Waals surface area (Å²) in [5.41, 5.74) is 0.973. The minimum Gasteiger partial charge on any atom is -0.351 e. The van der Waals surface area contributed by atoms with Crippen molar-refractivity contribution in [3.05, 3.63) is 63.5 Å². The molecule has 2 aromatic rings. The van der Waals surface area contributed by atoms with Crippen molar-refractivity contribution in [3.63, 3.8) is 0 Å². The highest BCUT2D eigenvalue weighted by Crippen LogP contribution is 2.30. The third kappa shape index (κ3) is 2.23. The molecule has 1 aromatic carbocycles. The highest BCUT2D eigenvalue weighted by molar-refractivity contribution is 9.12. The predicted octanol–water partition coefficient (Wildman–Crippen LogP) is 3.02. The minimum absolute atomic E-state index is 0.0426. The molecule has 0 fully saturated rings. The topological polar surface area (TPSA) is 72.0 Å². The lowest BCUT2D eigenvalue weighted by molar-refractivity contribution is 0.0979. The van der Waals surface area contributed by atoms with Gasteiger partial charge in [-0.1, -0.05) is 6.07 Å². The van der Waals surface area contributed by atoms with Crippen LogP contribution in [0, 0.1) is 12.7 Å². The monoisotopic (exact) mass is 361 g/mol. The van der Waals surface area contributed by atoms with Crippen molar-refractivity contribution in [2.45, 2.75) is 6.92 Å². The lowest BCUT2D eigenvalue weighted by Gasteiger charge is -2.19. The maximum absolute atomic E-state index is 13.6. The number of ketones is 2. The fourth-order valence-electron chi connectivity index (χ4n) is 2.12. The first kappa shape index (κ1) is 14.5. The molecule has 0 radical (unpaired) electrons. The second-order valence-electron chi connectivity index (χ2n) is 4.67. The van der Waals surface area contributed by atoms with Crippen LogP contribution in [0.2, 0.25) is 0 Å². The Morgan fingerprint density at radius 3 is 2.77 bits per heavy atom. The van der Waals surface area contributed by atoms with Crippen LogP contribution in [0.5, 0.6) is 0 Å². The van der Waals surface area contributed by atoms with E-state index in [9.17, 15) is 14.0 Å². The van der Waals surface area contributed by atoms with Crippen LogP contribution in [-0.2, 0) is 0 Å². The molecule has 1 aromatic heterocycles. The molecule has 1 aliphatic carbocycles. The average molecular weight is 362 g/mol. The number of allylic oxidation sites excluding steroid dienone is 2. The number of carbonyl (C=O) groups is 2. The Morgan fingerprint density at radius 1 is 1.23 bits per heavy atom. The zero-order valence-electron chi connectivity index (χ0n) is 11.4. The van der Waals surface area contributed by atoms with Crippen molar-refractivity contribution >= 4 is 33.2 Å². The number of nitrogens with one attached hydrogen (secondary N) is 1. The van der Waals surface area contributed by atoms with Gasteiger partial charge in [-0.05, 0) is 35.0 Å². The first-order valence-electron chi connectivity index (χ1n) is 6.32. The molecule has 22 heavy (non-hydrogen) atoms. The Labute approximate surface area is 133 Å². The van der Waals surface area contributed by atoms with Gasteiger partial charge in [0.1, 0.15) is 23.5 Å². The van der Waals surface area contributed by atoms with Crippen molar-refractivity contribution in [2.75, 3.05) is 5.32 Å². The largest absolute Gasteiger partial charge is 0.351 e. The van der Waals surface area contributed by atoms with Crippen molar-refractivity contribution in [1.29, 1.82) is 0 Å². The molecule has 1 aliphatic rings. The van der Waals surface area contributed by atoms with Gasteiger partial charge in [0.25, 0.3) is 0 Å². The second kappa shape index (κ2) is 5.42. The SMILES string of the molecule is Cc1c(F)cccc1NC1=C(Br)C(=O)c2ncncc2C1=O. The Hall–Kier alpha value is -2.41. The highest BCUT2D eigenvalue weighted by atomic mass is 79.9. The third-order valence-electron chi connectivity index (χ3n) is 3.35. The summed E-state index contributed by atoms with van der Waals surface area (Å²) < 4.78 is 13.7. The molecule has 0 saturated carbocycles. The first-order chi connectivity index (χ1) is 10.5. The molecule has 1 N–H and O–H groups in total. The number of fused-ring (bicyclic) bond motifs is 1. The van der Waals surface area contributed by atoms with Gasteiger partial charge in [0.2, 0.25) is 11.6 Å². The van der Waals surface area contributed by atoms with E-state index in [1.165, 1.54) is 24.7 Å². The summed E-state index contributed by atoms with van der Waals surface area (Å²) >= 11 is 3.12. The van der Waals surface area contributed by atoms with Crippen LogP contribution in [0.3, 0.4) is 0 Å². The van der Waals surface area contributed by atoms with Crippen LogP contribution in [-0.4, -0.2) is 21.5 Å². The normalized spacial score (nSPS) is 14.1. The predicted molar refractivity (Wildman–Crippen MR) is 81.4 cm³/mol. The maximum Gasteiger partial charge on any atom is 0.221 e. The molecule has 0 bridgehead atoms. The van der Waals surface area contributed by atoms with E-state index in [0.29, 0.717) is 11.3 Å². The van der Waals surface area contributed by atoms with Crippen LogP contribution < -0.4 is 5.32 Å². The molecule has 5 nitrogen and oxygen atoms in total. The summed E-state index contributed by atoms with van der Waals surface area (Å²) in [4.78, 5) is 32.4. The van der Waals surface area contributed by atoms with Crippen LogP contribution in [0.1, 0.15) is 26.4 Å². The maximum atomic E-state index is 13.6.